The second-order valence-corrected chi connectivity index (χ2v) is 6.70. The molecule has 0 radical (unpaired) electrons. The van der Waals surface area contributed by atoms with Gasteiger partial charge in [-0.15, -0.1) is 0 Å². The number of aromatic hydroxyl groups is 1. The third kappa shape index (κ3) is 2.58. The van der Waals surface area contributed by atoms with E-state index in [1.54, 1.807) is 0 Å². The molecule has 1 heterocycles. The number of rotatable bonds is 2. The maximum atomic E-state index is 10.6. The first-order valence-electron chi connectivity index (χ1n) is 7.11. The zero-order chi connectivity index (χ0) is 15.1. The molecular weight excluding hydrogens is 248 g/mol. The second kappa shape index (κ2) is 4.97. The van der Waals surface area contributed by atoms with Crippen LogP contribution in [0.15, 0.2) is 24.3 Å². The number of hydrogen-bond donors (Lipinski definition) is 1. The van der Waals surface area contributed by atoms with Gasteiger partial charge in [0, 0.05) is 17.0 Å². The van der Waals surface area contributed by atoms with Crippen molar-refractivity contribution < 1.29 is 5.11 Å². The fraction of sp³-hybridized carbons (Fsp3) is 0.471. The van der Waals surface area contributed by atoms with E-state index in [-0.39, 0.29) is 11.5 Å². The third-order valence-electron chi connectivity index (χ3n) is 3.41. The van der Waals surface area contributed by atoms with Crippen LogP contribution >= 0.6 is 0 Å². The van der Waals surface area contributed by atoms with Gasteiger partial charge in [0.05, 0.1) is 5.69 Å². The Balaban J connectivity index is 2.64. The van der Waals surface area contributed by atoms with Gasteiger partial charge < -0.3 is 5.11 Å². The Morgan fingerprint density at radius 1 is 1.10 bits per heavy atom. The summed E-state index contributed by atoms with van der Waals surface area (Å²) in [5.41, 5.74) is 3.57. The third-order valence-corrected chi connectivity index (χ3v) is 3.41. The van der Waals surface area contributed by atoms with Gasteiger partial charge in [0.1, 0.15) is 5.69 Å². The van der Waals surface area contributed by atoms with Crippen molar-refractivity contribution in [2.24, 2.45) is 0 Å². The molecular formula is C17H24N2O. The van der Waals surface area contributed by atoms with E-state index in [9.17, 15) is 5.11 Å². The van der Waals surface area contributed by atoms with Gasteiger partial charge in [0.25, 0.3) is 0 Å². The van der Waals surface area contributed by atoms with Gasteiger partial charge in [-0.05, 0) is 20.8 Å². The summed E-state index contributed by atoms with van der Waals surface area (Å²) >= 11 is 0. The largest absolute Gasteiger partial charge is 0.504 e. The van der Waals surface area contributed by atoms with E-state index in [1.165, 1.54) is 5.56 Å². The Morgan fingerprint density at radius 3 is 2.05 bits per heavy atom. The van der Waals surface area contributed by atoms with E-state index in [0.717, 1.165) is 11.3 Å². The molecule has 0 spiro atoms. The quantitative estimate of drug-likeness (QED) is 0.877. The molecule has 0 saturated carbocycles. The van der Waals surface area contributed by atoms with Crippen molar-refractivity contribution in [3.05, 3.63) is 35.5 Å². The van der Waals surface area contributed by atoms with Crippen LogP contribution in [0.4, 0.5) is 0 Å². The lowest BCUT2D eigenvalue weighted by molar-refractivity contribution is 0.408. The highest BCUT2D eigenvalue weighted by atomic mass is 16.3. The zero-order valence-corrected chi connectivity index (χ0v) is 13.2. The van der Waals surface area contributed by atoms with Crippen LogP contribution in [0.2, 0.25) is 0 Å². The second-order valence-electron chi connectivity index (χ2n) is 6.70. The SMILES string of the molecule is Cc1ccc(-c2nn(C(C)C)c(C(C)(C)C)c2O)cc1. The van der Waals surface area contributed by atoms with Crippen LogP contribution in [-0.4, -0.2) is 14.9 Å². The molecule has 2 aromatic rings. The van der Waals surface area contributed by atoms with E-state index >= 15 is 0 Å². The summed E-state index contributed by atoms with van der Waals surface area (Å²) in [6.07, 6.45) is 0. The summed E-state index contributed by atoms with van der Waals surface area (Å²) in [4.78, 5) is 0. The molecule has 0 saturated heterocycles. The standard InChI is InChI=1S/C17H24N2O/c1-11(2)19-16(17(4,5)6)15(20)14(18-19)13-9-7-12(3)8-10-13/h7-11,20H,1-6H3. The van der Waals surface area contributed by atoms with Gasteiger partial charge in [-0.1, -0.05) is 50.6 Å². The topological polar surface area (TPSA) is 38.0 Å². The first kappa shape index (κ1) is 14.6. The molecule has 0 unspecified atom stereocenters. The van der Waals surface area contributed by atoms with Crippen molar-refractivity contribution >= 4 is 0 Å². The Labute approximate surface area is 121 Å². The normalized spacial score (nSPS) is 12.2. The van der Waals surface area contributed by atoms with Crippen LogP contribution in [0.5, 0.6) is 5.75 Å². The molecule has 0 atom stereocenters. The van der Waals surface area contributed by atoms with Crippen LogP contribution in [0.25, 0.3) is 11.3 Å². The van der Waals surface area contributed by atoms with E-state index in [2.05, 4.69) is 46.6 Å². The van der Waals surface area contributed by atoms with E-state index in [1.807, 2.05) is 28.9 Å². The first-order chi connectivity index (χ1) is 9.21. The number of nitrogens with zero attached hydrogens (tertiary/aromatic N) is 2. The summed E-state index contributed by atoms with van der Waals surface area (Å²) in [6.45, 7) is 12.5. The molecule has 0 bridgehead atoms. The molecule has 1 N–H and O–H groups in total. The van der Waals surface area contributed by atoms with Crippen LogP contribution in [-0.2, 0) is 5.41 Å². The number of hydrogen-bond acceptors (Lipinski definition) is 2. The molecule has 108 valence electrons. The van der Waals surface area contributed by atoms with Gasteiger partial charge >= 0.3 is 0 Å². The lowest BCUT2D eigenvalue weighted by Crippen LogP contribution is -2.19. The Bertz CT molecular complexity index is 601. The lowest BCUT2D eigenvalue weighted by atomic mass is 9.90. The Hall–Kier alpha value is -1.77. The number of aromatic nitrogens is 2. The molecule has 0 aliphatic rings. The summed E-state index contributed by atoms with van der Waals surface area (Å²) in [7, 11) is 0. The molecule has 0 fully saturated rings. The summed E-state index contributed by atoms with van der Waals surface area (Å²) < 4.78 is 1.94. The summed E-state index contributed by atoms with van der Waals surface area (Å²) in [6, 6.07) is 8.32. The van der Waals surface area contributed by atoms with Crippen LogP contribution in [0.1, 0.15) is 51.9 Å². The maximum Gasteiger partial charge on any atom is 0.165 e. The fourth-order valence-electron chi connectivity index (χ4n) is 2.40. The predicted molar refractivity (Wildman–Crippen MR) is 83.1 cm³/mol. The molecule has 1 aromatic heterocycles. The van der Waals surface area contributed by atoms with Crippen LogP contribution < -0.4 is 0 Å². The van der Waals surface area contributed by atoms with Gasteiger partial charge in [0.2, 0.25) is 0 Å². The molecule has 2 rings (SSSR count). The van der Waals surface area contributed by atoms with Crippen LogP contribution in [0, 0.1) is 6.92 Å². The smallest absolute Gasteiger partial charge is 0.165 e. The van der Waals surface area contributed by atoms with Crippen molar-refractivity contribution in [3.8, 4) is 17.0 Å². The zero-order valence-electron chi connectivity index (χ0n) is 13.2. The Morgan fingerprint density at radius 2 is 1.65 bits per heavy atom. The predicted octanol–water partition coefficient (Wildman–Crippen LogP) is 4.44. The minimum Gasteiger partial charge on any atom is -0.504 e. The first-order valence-corrected chi connectivity index (χ1v) is 7.11. The van der Waals surface area contributed by atoms with Crippen molar-refractivity contribution in [2.75, 3.05) is 0 Å². The average Bonchev–Trinajstić information content (AvgIpc) is 2.68. The van der Waals surface area contributed by atoms with Gasteiger partial charge in [-0.25, -0.2) is 0 Å². The minimum atomic E-state index is -0.149. The summed E-state index contributed by atoms with van der Waals surface area (Å²) in [5.74, 6) is 0.301. The van der Waals surface area contributed by atoms with Gasteiger partial charge in [-0.2, -0.15) is 5.10 Å². The molecule has 20 heavy (non-hydrogen) atoms. The molecule has 0 amide bonds. The molecule has 0 aliphatic carbocycles. The minimum absolute atomic E-state index is 0.149. The highest BCUT2D eigenvalue weighted by molar-refractivity contribution is 5.68. The summed E-state index contributed by atoms with van der Waals surface area (Å²) in [5, 5.41) is 15.3. The lowest BCUT2D eigenvalue weighted by Gasteiger charge is -2.22. The van der Waals surface area contributed by atoms with Crippen molar-refractivity contribution in [2.45, 2.75) is 53.0 Å². The van der Waals surface area contributed by atoms with Crippen LogP contribution in [0.3, 0.4) is 0 Å². The Kier molecular flexibility index (Phi) is 3.63. The van der Waals surface area contributed by atoms with E-state index < -0.39 is 0 Å². The maximum absolute atomic E-state index is 10.6. The molecule has 1 aromatic carbocycles. The fourth-order valence-corrected chi connectivity index (χ4v) is 2.40. The molecule has 0 aliphatic heterocycles. The average molecular weight is 272 g/mol. The van der Waals surface area contributed by atoms with E-state index in [4.69, 9.17) is 0 Å². The van der Waals surface area contributed by atoms with Gasteiger partial charge in [0.15, 0.2) is 5.75 Å². The number of benzene rings is 1. The van der Waals surface area contributed by atoms with E-state index in [0.29, 0.717) is 11.4 Å². The van der Waals surface area contributed by atoms with Crippen molar-refractivity contribution in [3.63, 3.8) is 0 Å². The monoisotopic (exact) mass is 272 g/mol. The molecule has 3 nitrogen and oxygen atoms in total. The van der Waals surface area contributed by atoms with Crippen molar-refractivity contribution in [1.82, 2.24) is 9.78 Å². The highest BCUT2D eigenvalue weighted by Crippen LogP contribution is 2.39. The highest BCUT2D eigenvalue weighted by Gasteiger charge is 2.28. The van der Waals surface area contributed by atoms with Gasteiger partial charge in [-0.3, -0.25) is 4.68 Å². The number of aryl methyl sites for hydroxylation is 1. The van der Waals surface area contributed by atoms with Crippen molar-refractivity contribution in [1.29, 1.82) is 0 Å². The molecule has 3 heteroatoms.